The number of pyridine rings is 1. The number of rotatable bonds is 6. The number of para-hydroxylation sites is 1. The third-order valence-corrected chi connectivity index (χ3v) is 3.27. The topological polar surface area (TPSA) is 34.1 Å². The fourth-order valence-electron chi connectivity index (χ4n) is 1.79. The molecule has 1 N–H and O–H groups in total. The van der Waals surface area contributed by atoms with Crippen LogP contribution in [-0.4, -0.2) is 24.7 Å². The van der Waals surface area contributed by atoms with Gasteiger partial charge in [-0.2, -0.15) is 0 Å². The Labute approximate surface area is 118 Å². The highest BCUT2D eigenvalue weighted by Gasteiger charge is 2.10. The number of halogens is 1. The number of hydrogen-bond donors (Lipinski definition) is 1. The minimum absolute atomic E-state index is 0.208. The maximum Gasteiger partial charge on any atom is 0.119 e. The molecule has 0 aliphatic heterocycles. The van der Waals surface area contributed by atoms with Crippen molar-refractivity contribution in [1.29, 1.82) is 0 Å². The summed E-state index contributed by atoms with van der Waals surface area (Å²) < 4.78 is 5.75. The van der Waals surface area contributed by atoms with Crippen molar-refractivity contribution in [2.24, 2.45) is 0 Å². The maximum atomic E-state index is 6.11. The zero-order chi connectivity index (χ0) is 13.5. The zero-order valence-corrected chi connectivity index (χ0v) is 11.6. The van der Waals surface area contributed by atoms with Gasteiger partial charge in [0.15, 0.2) is 0 Å². The van der Waals surface area contributed by atoms with Crippen LogP contribution in [-0.2, 0) is 6.42 Å². The standard InChI is InChI=1S/C15H17ClN2O/c1-17-13(9-12-7-8-18-10-15(12)16)11-19-14-5-3-2-4-6-14/h2-8,10,13,17H,9,11H2,1H3. The Morgan fingerprint density at radius 3 is 2.74 bits per heavy atom. The lowest BCUT2D eigenvalue weighted by Gasteiger charge is -2.17. The largest absolute Gasteiger partial charge is 0.492 e. The van der Waals surface area contributed by atoms with Crippen molar-refractivity contribution in [3.63, 3.8) is 0 Å². The van der Waals surface area contributed by atoms with Crippen LogP contribution in [0.3, 0.4) is 0 Å². The molecule has 0 spiro atoms. The van der Waals surface area contributed by atoms with Crippen molar-refractivity contribution in [3.05, 3.63) is 59.4 Å². The predicted octanol–water partition coefficient (Wildman–Crippen LogP) is 2.94. The average Bonchev–Trinajstić information content (AvgIpc) is 2.46. The highest BCUT2D eigenvalue weighted by molar-refractivity contribution is 6.31. The Morgan fingerprint density at radius 2 is 2.05 bits per heavy atom. The summed E-state index contributed by atoms with van der Waals surface area (Å²) in [6.45, 7) is 0.596. The van der Waals surface area contributed by atoms with Crippen molar-refractivity contribution < 1.29 is 4.74 Å². The summed E-state index contributed by atoms with van der Waals surface area (Å²) in [6.07, 6.45) is 4.23. The minimum Gasteiger partial charge on any atom is -0.492 e. The van der Waals surface area contributed by atoms with Crippen molar-refractivity contribution >= 4 is 11.6 Å². The molecule has 4 heteroatoms. The molecular formula is C15H17ClN2O. The van der Waals surface area contributed by atoms with Crippen molar-refractivity contribution in [2.75, 3.05) is 13.7 Å². The van der Waals surface area contributed by atoms with E-state index in [0.29, 0.717) is 11.6 Å². The van der Waals surface area contributed by atoms with Gasteiger partial charge in [-0.25, -0.2) is 0 Å². The van der Waals surface area contributed by atoms with E-state index in [4.69, 9.17) is 16.3 Å². The van der Waals surface area contributed by atoms with E-state index in [1.807, 2.05) is 43.4 Å². The number of aromatic nitrogens is 1. The van der Waals surface area contributed by atoms with Gasteiger partial charge < -0.3 is 10.1 Å². The first-order valence-electron chi connectivity index (χ1n) is 6.23. The maximum absolute atomic E-state index is 6.11. The molecule has 100 valence electrons. The lowest BCUT2D eigenvalue weighted by atomic mass is 10.1. The molecule has 0 aliphatic rings. The average molecular weight is 277 g/mol. The Hall–Kier alpha value is -1.58. The molecule has 0 radical (unpaired) electrons. The zero-order valence-electron chi connectivity index (χ0n) is 10.8. The van der Waals surface area contributed by atoms with Gasteiger partial charge in [0.1, 0.15) is 12.4 Å². The van der Waals surface area contributed by atoms with Crippen LogP contribution in [0.1, 0.15) is 5.56 Å². The second-order valence-electron chi connectivity index (χ2n) is 4.28. The summed E-state index contributed by atoms with van der Waals surface area (Å²) >= 11 is 6.11. The normalized spacial score (nSPS) is 12.1. The quantitative estimate of drug-likeness (QED) is 0.881. The molecule has 0 saturated carbocycles. The van der Waals surface area contributed by atoms with Crippen LogP contribution in [0.25, 0.3) is 0 Å². The van der Waals surface area contributed by atoms with Crippen LogP contribution in [0.15, 0.2) is 48.8 Å². The molecule has 0 bridgehead atoms. The molecule has 3 nitrogen and oxygen atoms in total. The van der Waals surface area contributed by atoms with Crippen molar-refractivity contribution in [3.8, 4) is 5.75 Å². The molecule has 1 aromatic carbocycles. The van der Waals surface area contributed by atoms with Crippen LogP contribution < -0.4 is 10.1 Å². The van der Waals surface area contributed by atoms with Gasteiger partial charge in [-0.1, -0.05) is 29.8 Å². The monoisotopic (exact) mass is 276 g/mol. The van der Waals surface area contributed by atoms with E-state index >= 15 is 0 Å². The fourth-order valence-corrected chi connectivity index (χ4v) is 1.99. The summed E-state index contributed by atoms with van der Waals surface area (Å²) in [6, 6.07) is 11.9. The number of likely N-dealkylation sites (N-methyl/N-ethyl adjacent to an activating group) is 1. The van der Waals surface area contributed by atoms with Gasteiger partial charge in [-0.15, -0.1) is 0 Å². The molecule has 2 rings (SSSR count). The van der Waals surface area contributed by atoms with Gasteiger partial charge in [0.05, 0.1) is 5.02 Å². The predicted molar refractivity (Wildman–Crippen MR) is 77.7 cm³/mol. The Kier molecular flexibility index (Phi) is 5.19. The van der Waals surface area contributed by atoms with Crippen LogP contribution >= 0.6 is 11.6 Å². The van der Waals surface area contributed by atoms with Gasteiger partial charge in [0.2, 0.25) is 0 Å². The minimum atomic E-state index is 0.208. The molecule has 1 aromatic heterocycles. The van der Waals surface area contributed by atoms with Crippen LogP contribution in [0, 0.1) is 0 Å². The van der Waals surface area contributed by atoms with E-state index in [2.05, 4.69) is 10.3 Å². The first-order valence-corrected chi connectivity index (χ1v) is 6.61. The number of ether oxygens (including phenoxy) is 1. The first kappa shape index (κ1) is 13.8. The van der Waals surface area contributed by atoms with Gasteiger partial charge in [-0.3, -0.25) is 4.98 Å². The van der Waals surface area contributed by atoms with Gasteiger partial charge in [0, 0.05) is 18.4 Å². The number of benzene rings is 1. The van der Waals surface area contributed by atoms with E-state index in [-0.39, 0.29) is 6.04 Å². The van der Waals surface area contributed by atoms with Gasteiger partial charge in [0.25, 0.3) is 0 Å². The van der Waals surface area contributed by atoms with E-state index in [1.165, 1.54) is 0 Å². The SMILES string of the molecule is CNC(COc1ccccc1)Cc1ccncc1Cl. The van der Waals surface area contributed by atoms with Crippen LogP contribution in [0.4, 0.5) is 0 Å². The lowest BCUT2D eigenvalue weighted by molar-refractivity contribution is 0.270. The Morgan fingerprint density at radius 1 is 1.26 bits per heavy atom. The molecular weight excluding hydrogens is 260 g/mol. The second-order valence-corrected chi connectivity index (χ2v) is 4.69. The molecule has 0 amide bonds. The third kappa shape index (κ3) is 4.23. The summed E-state index contributed by atoms with van der Waals surface area (Å²) in [5.74, 6) is 0.878. The Balaban J connectivity index is 1.92. The molecule has 2 aromatic rings. The number of hydrogen-bond acceptors (Lipinski definition) is 3. The number of nitrogens with zero attached hydrogens (tertiary/aromatic N) is 1. The molecule has 1 heterocycles. The van der Waals surface area contributed by atoms with E-state index in [0.717, 1.165) is 17.7 Å². The van der Waals surface area contributed by atoms with E-state index < -0.39 is 0 Å². The summed E-state index contributed by atoms with van der Waals surface area (Å²) in [5.41, 5.74) is 1.08. The van der Waals surface area contributed by atoms with Gasteiger partial charge in [-0.05, 0) is 37.2 Å². The molecule has 19 heavy (non-hydrogen) atoms. The molecule has 0 fully saturated rings. The highest BCUT2D eigenvalue weighted by atomic mass is 35.5. The van der Waals surface area contributed by atoms with E-state index in [1.54, 1.807) is 12.4 Å². The van der Waals surface area contributed by atoms with Crippen LogP contribution in [0.5, 0.6) is 5.75 Å². The Bertz CT molecular complexity index is 505. The summed E-state index contributed by atoms with van der Waals surface area (Å²) in [5, 5.41) is 3.94. The lowest BCUT2D eigenvalue weighted by Crippen LogP contribution is -2.33. The highest BCUT2D eigenvalue weighted by Crippen LogP contribution is 2.16. The van der Waals surface area contributed by atoms with Crippen molar-refractivity contribution in [1.82, 2.24) is 10.3 Å². The van der Waals surface area contributed by atoms with Crippen molar-refractivity contribution in [2.45, 2.75) is 12.5 Å². The first-order chi connectivity index (χ1) is 9.29. The molecule has 1 unspecified atom stereocenters. The fraction of sp³-hybridized carbons (Fsp3) is 0.267. The van der Waals surface area contributed by atoms with Crippen LogP contribution in [0.2, 0.25) is 5.02 Å². The smallest absolute Gasteiger partial charge is 0.119 e. The van der Waals surface area contributed by atoms with E-state index in [9.17, 15) is 0 Å². The third-order valence-electron chi connectivity index (χ3n) is 2.93. The molecule has 1 atom stereocenters. The summed E-state index contributed by atoms with van der Waals surface area (Å²) in [7, 11) is 1.92. The molecule has 0 saturated heterocycles. The van der Waals surface area contributed by atoms with Gasteiger partial charge >= 0.3 is 0 Å². The summed E-state index contributed by atoms with van der Waals surface area (Å²) in [4.78, 5) is 3.99. The second kappa shape index (κ2) is 7.12. The number of nitrogens with one attached hydrogen (secondary N) is 1. The molecule has 0 aliphatic carbocycles.